The van der Waals surface area contributed by atoms with E-state index in [0.717, 1.165) is 44.6 Å². The molecule has 0 atom stereocenters. The minimum Gasteiger partial charge on any atom is -0.449 e. The number of carbonyl (C=O) groups is 1. The van der Waals surface area contributed by atoms with E-state index < -0.39 is 15.7 Å². The summed E-state index contributed by atoms with van der Waals surface area (Å²) in [4.78, 5) is 24.3. The van der Waals surface area contributed by atoms with Crippen molar-refractivity contribution < 1.29 is 22.3 Å². The number of piperidine rings is 1. The molecule has 0 aliphatic carbocycles. The molecule has 1 aliphatic rings. The van der Waals surface area contributed by atoms with Gasteiger partial charge in [0.05, 0.1) is 17.2 Å². The number of unbranched alkanes of at least 4 members (excludes halogenated alkanes) is 1. The lowest BCUT2D eigenvalue weighted by molar-refractivity contribution is 0.0872. The van der Waals surface area contributed by atoms with Gasteiger partial charge in [-0.1, -0.05) is 13.3 Å². The van der Waals surface area contributed by atoms with Crippen LogP contribution < -0.4 is 10.2 Å². The zero-order valence-electron chi connectivity index (χ0n) is 19.8. The van der Waals surface area contributed by atoms with Crippen LogP contribution in [0.5, 0.6) is 0 Å². The maximum absolute atomic E-state index is 14.4. The summed E-state index contributed by atoms with van der Waals surface area (Å²) in [5, 5.41) is 2.88. The Morgan fingerprint density at radius 3 is 2.65 bits per heavy atom. The Morgan fingerprint density at radius 2 is 2.00 bits per heavy atom. The van der Waals surface area contributed by atoms with Gasteiger partial charge in [-0.05, 0) is 43.4 Å². The van der Waals surface area contributed by atoms with Crippen molar-refractivity contribution in [2.24, 2.45) is 5.92 Å². The number of rotatable bonds is 9. The lowest BCUT2D eigenvalue weighted by Crippen LogP contribution is -2.41. The fourth-order valence-corrected chi connectivity index (χ4v) is 4.40. The number of amides is 1. The minimum absolute atomic E-state index is 0.0843. The molecule has 1 amide bonds. The number of carbonyl (C=O) groups excluding carboxylic acids is 1. The number of hydrogen-bond donors (Lipinski definition) is 1. The van der Waals surface area contributed by atoms with Gasteiger partial charge in [-0.25, -0.2) is 27.6 Å². The molecule has 1 aliphatic heterocycles. The van der Waals surface area contributed by atoms with E-state index in [1.54, 1.807) is 11.0 Å². The van der Waals surface area contributed by atoms with E-state index in [9.17, 15) is 17.6 Å². The average molecular weight is 494 g/mol. The van der Waals surface area contributed by atoms with Crippen LogP contribution in [0.25, 0.3) is 0 Å². The number of nitrogens with one attached hydrogen (secondary N) is 1. The van der Waals surface area contributed by atoms with Crippen LogP contribution in [-0.2, 0) is 14.6 Å². The van der Waals surface area contributed by atoms with Gasteiger partial charge in [0.1, 0.15) is 23.8 Å². The number of anilines is 3. The predicted octanol–water partition coefficient (Wildman–Crippen LogP) is 3.85. The van der Waals surface area contributed by atoms with E-state index >= 15 is 0 Å². The van der Waals surface area contributed by atoms with Crippen molar-refractivity contribution in [3.8, 4) is 0 Å². The summed E-state index contributed by atoms with van der Waals surface area (Å²) in [6.07, 6.45) is 5.82. The van der Waals surface area contributed by atoms with E-state index in [-0.39, 0.29) is 16.7 Å². The lowest BCUT2D eigenvalue weighted by atomic mass is 9.96. The number of likely N-dealkylation sites (tertiary alicyclic amines) is 1. The Hall–Kier alpha value is -2.95. The van der Waals surface area contributed by atoms with Crippen molar-refractivity contribution in [1.29, 1.82) is 0 Å². The van der Waals surface area contributed by atoms with Crippen LogP contribution in [0.3, 0.4) is 0 Å². The van der Waals surface area contributed by atoms with Crippen LogP contribution in [0.4, 0.5) is 26.5 Å². The largest absolute Gasteiger partial charge is 0.449 e. The van der Waals surface area contributed by atoms with Crippen molar-refractivity contribution >= 4 is 33.3 Å². The van der Waals surface area contributed by atoms with Crippen molar-refractivity contribution in [3.63, 3.8) is 0 Å². The van der Waals surface area contributed by atoms with Gasteiger partial charge in [0.2, 0.25) is 0 Å². The van der Waals surface area contributed by atoms with Crippen LogP contribution in [0.1, 0.15) is 32.6 Å². The second kappa shape index (κ2) is 11.5. The molecule has 1 fully saturated rings. The molecule has 2 aromatic rings. The second-order valence-corrected chi connectivity index (χ2v) is 10.6. The highest BCUT2D eigenvalue weighted by molar-refractivity contribution is 7.90. The van der Waals surface area contributed by atoms with Gasteiger partial charge in [-0.2, -0.15) is 0 Å². The minimum atomic E-state index is -3.49. The van der Waals surface area contributed by atoms with E-state index in [2.05, 4.69) is 22.2 Å². The number of sulfone groups is 1. The molecule has 1 saturated heterocycles. The molecule has 0 spiro atoms. The molecule has 0 unspecified atom stereocenters. The second-order valence-electron chi connectivity index (χ2n) is 8.58. The number of benzene rings is 1. The SMILES string of the molecule is CCCCOC(=O)N1CCC(CN(C)c2cc(Nc3ccc(S(C)(=O)=O)cc3F)ncn2)CC1. The Labute approximate surface area is 200 Å². The molecule has 11 heteroatoms. The number of ether oxygens (including phenoxy) is 1. The van der Waals surface area contributed by atoms with Gasteiger partial charge < -0.3 is 19.9 Å². The lowest BCUT2D eigenvalue weighted by Gasteiger charge is -2.33. The van der Waals surface area contributed by atoms with Crippen molar-refractivity contribution in [2.45, 2.75) is 37.5 Å². The first-order valence-electron chi connectivity index (χ1n) is 11.4. The molecule has 1 aromatic heterocycles. The van der Waals surface area contributed by atoms with Crippen molar-refractivity contribution in [2.75, 3.05) is 49.8 Å². The summed E-state index contributed by atoms with van der Waals surface area (Å²) in [7, 11) is -1.56. The fourth-order valence-electron chi connectivity index (χ4n) is 3.76. The van der Waals surface area contributed by atoms with Crippen molar-refractivity contribution in [3.05, 3.63) is 36.4 Å². The van der Waals surface area contributed by atoms with Crippen LogP contribution >= 0.6 is 0 Å². The van der Waals surface area contributed by atoms with Gasteiger partial charge in [-0.15, -0.1) is 0 Å². The number of aromatic nitrogens is 2. The first-order valence-corrected chi connectivity index (χ1v) is 13.3. The van der Waals surface area contributed by atoms with Gasteiger partial charge >= 0.3 is 6.09 Å². The molecule has 0 saturated carbocycles. The Kier molecular flexibility index (Phi) is 8.65. The third kappa shape index (κ3) is 7.02. The highest BCUT2D eigenvalue weighted by atomic mass is 32.2. The standard InChI is InChI=1S/C23H32FN5O4S/c1-4-5-12-33-23(30)29-10-8-17(9-11-29)15-28(2)22-14-21(25-16-26-22)27-20-7-6-18(13-19(20)24)34(3,31)32/h6-7,13-14,16-17H,4-5,8-12,15H2,1-3H3,(H,25,26,27). The van der Waals surface area contributed by atoms with Crippen LogP contribution in [0.15, 0.2) is 35.5 Å². The molecule has 1 N–H and O–H groups in total. The van der Waals surface area contributed by atoms with Crippen LogP contribution in [0, 0.1) is 11.7 Å². The number of hydrogen-bond acceptors (Lipinski definition) is 8. The van der Waals surface area contributed by atoms with Gasteiger partial charge in [0.15, 0.2) is 9.84 Å². The summed E-state index contributed by atoms with van der Waals surface area (Å²) < 4.78 is 42.9. The van der Waals surface area contributed by atoms with Crippen LogP contribution in [0.2, 0.25) is 0 Å². The predicted molar refractivity (Wildman–Crippen MR) is 129 cm³/mol. The zero-order chi connectivity index (χ0) is 24.7. The Bertz CT molecular complexity index is 1090. The van der Waals surface area contributed by atoms with E-state index in [0.29, 0.717) is 37.3 Å². The number of halogens is 1. The highest BCUT2D eigenvalue weighted by Gasteiger charge is 2.25. The van der Waals surface area contributed by atoms with Crippen LogP contribution in [-0.4, -0.2) is 68.9 Å². The zero-order valence-corrected chi connectivity index (χ0v) is 20.6. The normalized spacial score (nSPS) is 14.6. The third-order valence-electron chi connectivity index (χ3n) is 5.80. The molecule has 186 valence electrons. The highest BCUT2D eigenvalue weighted by Crippen LogP contribution is 2.25. The molecule has 1 aromatic carbocycles. The van der Waals surface area contributed by atoms with Gasteiger partial charge in [0, 0.05) is 39.0 Å². The molecule has 0 radical (unpaired) electrons. The first kappa shape index (κ1) is 25.7. The molecule has 34 heavy (non-hydrogen) atoms. The molecule has 9 nitrogen and oxygen atoms in total. The molecular weight excluding hydrogens is 461 g/mol. The monoisotopic (exact) mass is 493 g/mol. The quantitative estimate of drug-likeness (QED) is 0.525. The summed E-state index contributed by atoms with van der Waals surface area (Å²) in [5.74, 6) is 0.785. The van der Waals surface area contributed by atoms with E-state index in [4.69, 9.17) is 4.74 Å². The maximum atomic E-state index is 14.4. The van der Waals surface area contributed by atoms with Gasteiger partial charge in [0.25, 0.3) is 0 Å². The van der Waals surface area contributed by atoms with Crippen molar-refractivity contribution in [1.82, 2.24) is 14.9 Å². The molecule has 0 bridgehead atoms. The molecular formula is C23H32FN5O4S. The fraction of sp³-hybridized carbons (Fsp3) is 0.522. The Balaban J connectivity index is 1.55. The average Bonchev–Trinajstić information content (AvgIpc) is 2.80. The summed E-state index contributed by atoms with van der Waals surface area (Å²) in [5.41, 5.74) is 0.123. The van der Waals surface area contributed by atoms with E-state index in [1.807, 2.05) is 11.9 Å². The summed E-state index contributed by atoms with van der Waals surface area (Å²) >= 11 is 0. The molecule has 2 heterocycles. The Morgan fingerprint density at radius 1 is 1.26 bits per heavy atom. The van der Waals surface area contributed by atoms with Gasteiger partial charge in [-0.3, -0.25) is 0 Å². The van der Waals surface area contributed by atoms with E-state index in [1.165, 1.54) is 18.5 Å². The summed E-state index contributed by atoms with van der Waals surface area (Å²) in [6.45, 7) is 4.62. The topological polar surface area (TPSA) is 105 Å². The maximum Gasteiger partial charge on any atom is 0.409 e. The third-order valence-corrected chi connectivity index (χ3v) is 6.91. The smallest absolute Gasteiger partial charge is 0.409 e. The summed E-state index contributed by atoms with van der Waals surface area (Å²) in [6, 6.07) is 5.42. The first-order chi connectivity index (χ1) is 16.2. The number of nitrogens with zero attached hydrogens (tertiary/aromatic N) is 4. The molecule has 3 rings (SSSR count).